The minimum Gasteiger partial charge on any atom is -0.357 e. The van der Waals surface area contributed by atoms with Crippen LogP contribution in [0.3, 0.4) is 0 Å². The molecule has 0 fully saturated rings. The van der Waals surface area contributed by atoms with Crippen LogP contribution < -0.4 is 15.4 Å². The molecule has 1 aromatic rings. The molecule has 1 aromatic carbocycles. The van der Waals surface area contributed by atoms with Crippen molar-refractivity contribution in [2.45, 2.75) is 39.8 Å². The van der Waals surface area contributed by atoms with Crippen molar-refractivity contribution in [3.8, 4) is 0 Å². The molecule has 0 aliphatic rings. The molecule has 1 rings (SSSR count). The number of rotatable bonds is 7. The second-order valence-corrected chi connectivity index (χ2v) is 8.19. The normalized spacial score (nSPS) is 12.4. The third-order valence-corrected chi connectivity index (χ3v) is 4.11. The van der Waals surface area contributed by atoms with Gasteiger partial charge in [0, 0.05) is 18.6 Å². The van der Waals surface area contributed by atoms with Gasteiger partial charge in [0.15, 0.2) is 5.96 Å². The fourth-order valence-electron chi connectivity index (χ4n) is 1.80. The van der Waals surface area contributed by atoms with Crippen LogP contribution in [0.15, 0.2) is 35.3 Å². The van der Waals surface area contributed by atoms with Gasteiger partial charge >= 0.3 is 0 Å². The van der Waals surface area contributed by atoms with E-state index in [0.29, 0.717) is 12.5 Å². The average molecular weight is 468 g/mol. The summed E-state index contributed by atoms with van der Waals surface area (Å²) in [4.78, 5) is 4.31. The predicted octanol–water partition coefficient (Wildman–Crippen LogP) is 2.08. The molecule has 8 heteroatoms. The minimum absolute atomic E-state index is 0. The van der Waals surface area contributed by atoms with E-state index >= 15 is 0 Å². The average Bonchev–Trinajstić information content (AvgIpc) is 2.45. The fourth-order valence-corrected chi connectivity index (χ4v) is 2.66. The molecule has 0 aliphatic carbocycles. The van der Waals surface area contributed by atoms with E-state index in [1.54, 1.807) is 0 Å². The Bertz CT molecular complexity index is 598. The van der Waals surface area contributed by atoms with Gasteiger partial charge < -0.3 is 10.6 Å². The van der Waals surface area contributed by atoms with Gasteiger partial charge in [-0.15, -0.1) is 24.0 Å². The summed E-state index contributed by atoms with van der Waals surface area (Å²) in [5.41, 5.74) is 0.799. The quantitative estimate of drug-likeness (QED) is 0.325. The molecule has 24 heavy (non-hydrogen) atoms. The topological polar surface area (TPSA) is 82.6 Å². The van der Waals surface area contributed by atoms with Gasteiger partial charge in [0.1, 0.15) is 0 Å². The monoisotopic (exact) mass is 468 g/mol. The van der Waals surface area contributed by atoms with E-state index in [2.05, 4.69) is 20.3 Å². The molecule has 0 spiro atoms. The first-order chi connectivity index (χ1) is 10.7. The Kier molecular flexibility index (Phi) is 10.5. The number of aliphatic imine (C=N–C) groups is 1. The van der Waals surface area contributed by atoms with Gasteiger partial charge in [-0.05, 0) is 33.3 Å². The molecule has 0 aliphatic heterocycles. The van der Waals surface area contributed by atoms with Crippen molar-refractivity contribution in [1.82, 2.24) is 15.4 Å². The van der Waals surface area contributed by atoms with E-state index in [9.17, 15) is 8.42 Å². The first-order valence-corrected chi connectivity index (χ1v) is 9.45. The van der Waals surface area contributed by atoms with Crippen LogP contribution in [0.4, 0.5) is 0 Å². The first kappa shape index (κ1) is 23.1. The summed E-state index contributed by atoms with van der Waals surface area (Å²) in [5.74, 6) is 0.582. The Hall–Kier alpha value is -0.870. The number of sulfonamides is 1. The second-order valence-electron chi connectivity index (χ2n) is 6.26. The number of nitrogens with zero attached hydrogens (tertiary/aromatic N) is 1. The van der Waals surface area contributed by atoms with E-state index < -0.39 is 10.0 Å². The number of halogens is 1. The number of hydrogen-bond acceptors (Lipinski definition) is 3. The molecular formula is C16H29IN4O2S. The van der Waals surface area contributed by atoms with Crippen LogP contribution >= 0.6 is 24.0 Å². The van der Waals surface area contributed by atoms with E-state index in [1.807, 2.05) is 58.0 Å². The highest BCUT2D eigenvalue weighted by Gasteiger charge is 2.13. The molecule has 138 valence electrons. The molecule has 0 bridgehead atoms. The summed E-state index contributed by atoms with van der Waals surface area (Å²) in [6.45, 7) is 9.27. The van der Waals surface area contributed by atoms with Gasteiger partial charge in [-0.1, -0.05) is 30.3 Å². The predicted molar refractivity (Wildman–Crippen MR) is 111 cm³/mol. The van der Waals surface area contributed by atoms with Gasteiger partial charge in [-0.3, -0.25) is 4.99 Å². The van der Waals surface area contributed by atoms with Gasteiger partial charge in [0.05, 0.1) is 12.3 Å². The molecular weight excluding hydrogens is 439 g/mol. The molecule has 0 amide bonds. The van der Waals surface area contributed by atoms with Crippen molar-refractivity contribution in [2.24, 2.45) is 4.99 Å². The van der Waals surface area contributed by atoms with Crippen LogP contribution in [-0.4, -0.2) is 38.8 Å². The standard InChI is InChI=1S/C16H28N4O2S.HI/c1-5-17-15(20-16(2,3)4)18-11-12-23(21,22)19-13-14-9-7-6-8-10-14;/h6-10,19H,5,11-13H2,1-4H3,(H2,17,18,20);1H. The highest BCUT2D eigenvalue weighted by Crippen LogP contribution is 2.00. The van der Waals surface area contributed by atoms with Crippen molar-refractivity contribution in [3.05, 3.63) is 35.9 Å². The first-order valence-electron chi connectivity index (χ1n) is 7.79. The zero-order valence-electron chi connectivity index (χ0n) is 14.8. The third kappa shape index (κ3) is 10.8. The van der Waals surface area contributed by atoms with E-state index in [4.69, 9.17) is 0 Å². The molecule has 0 saturated carbocycles. The highest BCUT2D eigenvalue weighted by molar-refractivity contribution is 14.0. The van der Waals surface area contributed by atoms with Crippen LogP contribution in [0, 0.1) is 0 Å². The Labute approximate surface area is 163 Å². The van der Waals surface area contributed by atoms with Crippen molar-refractivity contribution in [1.29, 1.82) is 0 Å². The maximum absolute atomic E-state index is 12.0. The minimum atomic E-state index is -3.35. The Morgan fingerprint density at radius 3 is 2.33 bits per heavy atom. The summed E-state index contributed by atoms with van der Waals surface area (Å²) in [7, 11) is -3.35. The Morgan fingerprint density at radius 2 is 1.79 bits per heavy atom. The van der Waals surface area contributed by atoms with Crippen molar-refractivity contribution in [3.63, 3.8) is 0 Å². The maximum atomic E-state index is 12.0. The molecule has 0 heterocycles. The number of benzene rings is 1. The Morgan fingerprint density at radius 1 is 1.17 bits per heavy atom. The fraction of sp³-hybridized carbons (Fsp3) is 0.562. The summed E-state index contributed by atoms with van der Waals surface area (Å²) in [6.07, 6.45) is 0. The smallest absolute Gasteiger partial charge is 0.213 e. The zero-order chi connectivity index (χ0) is 17.3. The number of nitrogens with one attached hydrogen (secondary N) is 3. The highest BCUT2D eigenvalue weighted by atomic mass is 127. The van der Waals surface area contributed by atoms with E-state index in [-0.39, 0.29) is 41.8 Å². The van der Waals surface area contributed by atoms with Crippen LogP contribution in [0.5, 0.6) is 0 Å². The lowest BCUT2D eigenvalue weighted by molar-refractivity contribution is 0.502. The third-order valence-electron chi connectivity index (χ3n) is 2.81. The Balaban J connectivity index is 0.00000529. The van der Waals surface area contributed by atoms with Crippen LogP contribution in [0.2, 0.25) is 0 Å². The summed E-state index contributed by atoms with van der Waals surface area (Å²) in [5, 5.41) is 6.33. The van der Waals surface area contributed by atoms with Gasteiger partial charge in [0.25, 0.3) is 0 Å². The van der Waals surface area contributed by atoms with E-state index in [0.717, 1.165) is 12.1 Å². The van der Waals surface area contributed by atoms with Crippen molar-refractivity contribution in [2.75, 3.05) is 18.8 Å². The summed E-state index contributed by atoms with van der Waals surface area (Å²) in [6, 6.07) is 9.44. The van der Waals surface area contributed by atoms with E-state index in [1.165, 1.54) is 0 Å². The number of guanidine groups is 1. The van der Waals surface area contributed by atoms with Crippen LogP contribution in [0.25, 0.3) is 0 Å². The van der Waals surface area contributed by atoms with Crippen LogP contribution in [0.1, 0.15) is 33.3 Å². The van der Waals surface area contributed by atoms with Crippen molar-refractivity contribution < 1.29 is 8.42 Å². The molecule has 0 saturated heterocycles. The molecule has 0 atom stereocenters. The molecule has 0 radical (unpaired) electrons. The zero-order valence-corrected chi connectivity index (χ0v) is 17.9. The lowest BCUT2D eigenvalue weighted by Gasteiger charge is -2.23. The second kappa shape index (κ2) is 10.9. The summed E-state index contributed by atoms with van der Waals surface area (Å²) < 4.78 is 26.6. The largest absolute Gasteiger partial charge is 0.357 e. The van der Waals surface area contributed by atoms with Gasteiger partial charge in [0.2, 0.25) is 10.0 Å². The lowest BCUT2D eigenvalue weighted by Crippen LogP contribution is -2.47. The molecule has 3 N–H and O–H groups in total. The van der Waals surface area contributed by atoms with Gasteiger partial charge in [-0.2, -0.15) is 0 Å². The van der Waals surface area contributed by atoms with Crippen molar-refractivity contribution >= 4 is 40.0 Å². The number of hydrogen-bond donors (Lipinski definition) is 3. The molecule has 6 nitrogen and oxygen atoms in total. The lowest BCUT2D eigenvalue weighted by atomic mass is 10.1. The van der Waals surface area contributed by atoms with Gasteiger partial charge in [-0.25, -0.2) is 13.1 Å². The van der Waals surface area contributed by atoms with Crippen LogP contribution in [-0.2, 0) is 16.6 Å². The molecule has 0 unspecified atom stereocenters. The maximum Gasteiger partial charge on any atom is 0.213 e. The summed E-state index contributed by atoms with van der Waals surface area (Å²) >= 11 is 0. The SMILES string of the molecule is CCNC(=NCCS(=O)(=O)NCc1ccccc1)NC(C)(C)C.I. The molecule has 0 aromatic heterocycles.